The van der Waals surface area contributed by atoms with Crippen molar-refractivity contribution in [2.75, 3.05) is 44.3 Å². The van der Waals surface area contributed by atoms with Crippen molar-refractivity contribution in [3.8, 4) is 6.01 Å². The summed E-state index contributed by atoms with van der Waals surface area (Å²) in [4.78, 5) is 25.9. The normalized spacial score (nSPS) is 19.9. The Bertz CT molecular complexity index is 829. The van der Waals surface area contributed by atoms with Gasteiger partial charge in [0.05, 0.1) is 19.8 Å². The minimum Gasteiger partial charge on any atom is -0.458 e. The number of aryl methyl sites for hydroxylation is 2. The van der Waals surface area contributed by atoms with E-state index in [1.165, 1.54) is 0 Å². The van der Waals surface area contributed by atoms with Crippen LogP contribution >= 0.6 is 0 Å². The van der Waals surface area contributed by atoms with E-state index in [1.807, 2.05) is 49.1 Å². The van der Waals surface area contributed by atoms with Crippen molar-refractivity contribution < 1.29 is 14.3 Å². The quantitative estimate of drug-likeness (QED) is 0.791. The number of rotatable bonds is 4. The largest absolute Gasteiger partial charge is 0.458 e. The van der Waals surface area contributed by atoms with Crippen molar-refractivity contribution in [1.82, 2.24) is 14.9 Å². The van der Waals surface area contributed by atoms with E-state index in [4.69, 9.17) is 9.47 Å². The zero-order chi connectivity index (χ0) is 20.2. The van der Waals surface area contributed by atoms with Crippen molar-refractivity contribution in [3.05, 3.63) is 47.3 Å². The molecular formula is C22H28N4O3. The SMILES string of the molecule is Cc1cc(C)nc(O[C@@H]2CCCN(C(=O)c3ccc(N4CCOCC4)cc3)C2)n1. The van der Waals surface area contributed by atoms with Gasteiger partial charge >= 0.3 is 6.01 Å². The first-order valence-corrected chi connectivity index (χ1v) is 10.3. The van der Waals surface area contributed by atoms with Gasteiger partial charge in [-0.25, -0.2) is 9.97 Å². The van der Waals surface area contributed by atoms with Crippen LogP contribution in [0.2, 0.25) is 0 Å². The Morgan fingerprint density at radius 1 is 1.07 bits per heavy atom. The molecule has 29 heavy (non-hydrogen) atoms. The fourth-order valence-electron chi connectivity index (χ4n) is 3.93. The molecule has 2 aromatic rings. The molecule has 1 aromatic carbocycles. The smallest absolute Gasteiger partial charge is 0.317 e. The summed E-state index contributed by atoms with van der Waals surface area (Å²) in [5.41, 5.74) is 3.62. The second-order valence-electron chi connectivity index (χ2n) is 7.71. The lowest BCUT2D eigenvalue weighted by Crippen LogP contribution is -2.44. The van der Waals surface area contributed by atoms with Crippen LogP contribution in [0.25, 0.3) is 0 Å². The van der Waals surface area contributed by atoms with Gasteiger partial charge in [-0.3, -0.25) is 4.79 Å². The number of anilines is 1. The van der Waals surface area contributed by atoms with Gasteiger partial charge in [0, 0.05) is 42.3 Å². The van der Waals surface area contributed by atoms with Gasteiger partial charge in [-0.05, 0) is 57.0 Å². The van der Waals surface area contributed by atoms with E-state index in [0.29, 0.717) is 18.1 Å². The Kier molecular flexibility index (Phi) is 5.94. The topological polar surface area (TPSA) is 67.8 Å². The Hall–Kier alpha value is -2.67. The Morgan fingerprint density at radius 3 is 2.45 bits per heavy atom. The van der Waals surface area contributed by atoms with Crippen molar-refractivity contribution in [3.63, 3.8) is 0 Å². The van der Waals surface area contributed by atoms with Crippen molar-refractivity contribution in [1.29, 1.82) is 0 Å². The molecule has 1 amide bonds. The summed E-state index contributed by atoms with van der Waals surface area (Å²) in [5, 5.41) is 0. The van der Waals surface area contributed by atoms with E-state index in [-0.39, 0.29) is 12.0 Å². The summed E-state index contributed by atoms with van der Waals surface area (Å²) in [6.07, 6.45) is 1.73. The number of amides is 1. The van der Waals surface area contributed by atoms with Gasteiger partial charge in [0.1, 0.15) is 6.10 Å². The number of piperidine rings is 1. The van der Waals surface area contributed by atoms with Crippen LogP contribution in [0.1, 0.15) is 34.6 Å². The number of hydrogen-bond donors (Lipinski definition) is 0. The van der Waals surface area contributed by atoms with Gasteiger partial charge in [0.15, 0.2) is 0 Å². The van der Waals surface area contributed by atoms with E-state index < -0.39 is 0 Å². The molecule has 0 saturated carbocycles. The third-order valence-corrected chi connectivity index (χ3v) is 5.39. The average Bonchev–Trinajstić information content (AvgIpc) is 2.73. The highest BCUT2D eigenvalue weighted by Crippen LogP contribution is 2.21. The molecule has 2 saturated heterocycles. The maximum atomic E-state index is 13.0. The summed E-state index contributed by atoms with van der Waals surface area (Å²) in [7, 11) is 0. The van der Waals surface area contributed by atoms with Crippen LogP contribution < -0.4 is 9.64 Å². The number of ether oxygens (including phenoxy) is 2. The van der Waals surface area contributed by atoms with Gasteiger partial charge < -0.3 is 19.3 Å². The number of likely N-dealkylation sites (tertiary alicyclic amines) is 1. The van der Waals surface area contributed by atoms with E-state index in [1.54, 1.807) is 0 Å². The first-order chi connectivity index (χ1) is 14.1. The zero-order valence-electron chi connectivity index (χ0n) is 17.1. The molecule has 3 heterocycles. The summed E-state index contributed by atoms with van der Waals surface area (Å²) in [6.45, 7) is 8.44. The number of hydrogen-bond acceptors (Lipinski definition) is 6. The molecule has 1 atom stereocenters. The lowest BCUT2D eigenvalue weighted by Gasteiger charge is -2.32. The predicted molar refractivity (Wildman–Crippen MR) is 111 cm³/mol. The van der Waals surface area contributed by atoms with E-state index in [2.05, 4.69) is 14.9 Å². The van der Waals surface area contributed by atoms with Crippen LogP contribution in [-0.2, 0) is 4.74 Å². The van der Waals surface area contributed by atoms with Gasteiger partial charge in [-0.2, -0.15) is 0 Å². The Labute approximate surface area is 171 Å². The van der Waals surface area contributed by atoms with Crippen molar-refractivity contribution >= 4 is 11.6 Å². The summed E-state index contributed by atoms with van der Waals surface area (Å²) in [5.74, 6) is 0.0492. The molecule has 2 aliphatic rings. The van der Waals surface area contributed by atoms with Crippen LogP contribution in [-0.4, -0.2) is 66.3 Å². The lowest BCUT2D eigenvalue weighted by molar-refractivity contribution is 0.0515. The highest BCUT2D eigenvalue weighted by molar-refractivity contribution is 5.94. The molecule has 7 nitrogen and oxygen atoms in total. The van der Waals surface area contributed by atoms with Crippen LogP contribution in [0, 0.1) is 13.8 Å². The minimum absolute atomic E-state index is 0.0492. The third-order valence-electron chi connectivity index (χ3n) is 5.39. The molecule has 154 valence electrons. The molecule has 7 heteroatoms. The van der Waals surface area contributed by atoms with E-state index >= 15 is 0 Å². The predicted octanol–water partition coefficient (Wildman–Crippen LogP) is 2.61. The van der Waals surface area contributed by atoms with Crippen molar-refractivity contribution in [2.45, 2.75) is 32.8 Å². The Balaban J connectivity index is 1.39. The molecule has 2 fully saturated rings. The number of morpholine rings is 1. The molecule has 2 aliphatic heterocycles. The van der Waals surface area contributed by atoms with Gasteiger partial charge in [0.25, 0.3) is 5.91 Å². The number of benzene rings is 1. The van der Waals surface area contributed by atoms with E-state index in [0.717, 1.165) is 62.8 Å². The maximum Gasteiger partial charge on any atom is 0.317 e. The van der Waals surface area contributed by atoms with Crippen LogP contribution in [0.5, 0.6) is 6.01 Å². The van der Waals surface area contributed by atoms with Crippen LogP contribution in [0.4, 0.5) is 5.69 Å². The maximum absolute atomic E-state index is 13.0. The second kappa shape index (κ2) is 8.78. The summed E-state index contributed by atoms with van der Waals surface area (Å²) >= 11 is 0. The Morgan fingerprint density at radius 2 is 1.76 bits per heavy atom. The molecular weight excluding hydrogens is 368 g/mol. The zero-order valence-corrected chi connectivity index (χ0v) is 17.1. The van der Waals surface area contributed by atoms with Gasteiger partial charge in [-0.1, -0.05) is 0 Å². The molecule has 0 unspecified atom stereocenters. The van der Waals surface area contributed by atoms with Crippen LogP contribution in [0.3, 0.4) is 0 Å². The number of carbonyl (C=O) groups is 1. The molecule has 4 rings (SSSR count). The average molecular weight is 396 g/mol. The van der Waals surface area contributed by atoms with E-state index in [9.17, 15) is 4.79 Å². The summed E-state index contributed by atoms with van der Waals surface area (Å²) < 4.78 is 11.4. The van der Waals surface area contributed by atoms with Gasteiger partial charge in [-0.15, -0.1) is 0 Å². The number of nitrogens with zero attached hydrogens (tertiary/aromatic N) is 4. The van der Waals surface area contributed by atoms with Crippen LogP contribution in [0.15, 0.2) is 30.3 Å². The molecule has 0 aliphatic carbocycles. The highest BCUT2D eigenvalue weighted by atomic mass is 16.5. The first kappa shape index (κ1) is 19.6. The number of carbonyl (C=O) groups excluding carboxylic acids is 1. The fraction of sp³-hybridized carbons (Fsp3) is 0.500. The second-order valence-corrected chi connectivity index (χ2v) is 7.71. The standard InChI is InChI=1S/C22H28N4O3/c1-16-14-17(2)24-22(23-16)29-20-4-3-9-26(15-20)21(27)18-5-7-19(8-6-18)25-10-12-28-13-11-25/h5-8,14,20H,3-4,9-13,15H2,1-2H3/t20-/m1/s1. The molecule has 0 spiro atoms. The minimum atomic E-state index is -0.0819. The lowest BCUT2D eigenvalue weighted by atomic mass is 10.1. The fourth-order valence-corrected chi connectivity index (χ4v) is 3.93. The summed E-state index contributed by atoms with van der Waals surface area (Å²) in [6, 6.07) is 10.2. The molecule has 0 radical (unpaired) electrons. The van der Waals surface area contributed by atoms with Crippen molar-refractivity contribution in [2.24, 2.45) is 0 Å². The molecule has 0 bridgehead atoms. The number of aromatic nitrogens is 2. The molecule has 1 aromatic heterocycles. The first-order valence-electron chi connectivity index (χ1n) is 10.3. The highest BCUT2D eigenvalue weighted by Gasteiger charge is 2.26. The third kappa shape index (κ3) is 4.85. The monoisotopic (exact) mass is 396 g/mol. The molecule has 0 N–H and O–H groups in total. The van der Waals surface area contributed by atoms with Gasteiger partial charge in [0.2, 0.25) is 0 Å².